The van der Waals surface area contributed by atoms with Crippen LogP contribution in [-0.4, -0.2) is 16.0 Å². The fraction of sp³-hybridized carbons (Fsp3) is 0.308. The molecule has 1 atom stereocenters. The van der Waals surface area contributed by atoms with Gasteiger partial charge in [0.15, 0.2) is 0 Å². The highest BCUT2D eigenvalue weighted by molar-refractivity contribution is 5.87. The summed E-state index contributed by atoms with van der Waals surface area (Å²) in [6, 6.07) is 7.83. The predicted octanol–water partition coefficient (Wildman–Crippen LogP) is 4.86. The van der Waals surface area contributed by atoms with E-state index in [0.717, 1.165) is 52.4 Å². The molecule has 2 aromatic heterocycles. The predicted molar refractivity (Wildman–Crippen MR) is 124 cm³/mol. The lowest BCUT2D eigenvalue weighted by Gasteiger charge is -2.24. The Morgan fingerprint density at radius 1 is 1.21 bits per heavy atom. The van der Waals surface area contributed by atoms with Crippen LogP contribution in [0.5, 0.6) is 5.75 Å². The number of carbonyl (C=O) groups excluding carboxylic acids is 1. The largest absolute Gasteiger partial charge is 0.508 e. The maximum atomic E-state index is 13.7. The Morgan fingerprint density at radius 2 is 2.03 bits per heavy atom. The number of aromatic amines is 1. The van der Waals surface area contributed by atoms with E-state index in [-0.39, 0.29) is 36.4 Å². The molecule has 170 valence electrons. The van der Waals surface area contributed by atoms with Crippen LogP contribution in [0.1, 0.15) is 53.3 Å². The molecule has 0 radical (unpaired) electrons. The lowest BCUT2D eigenvalue weighted by Crippen LogP contribution is -2.31. The van der Waals surface area contributed by atoms with Gasteiger partial charge in [0.25, 0.3) is 0 Å². The molecule has 1 aliphatic carbocycles. The summed E-state index contributed by atoms with van der Waals surface area (Å²) in [6.07, 6.45) is 2.95. The van der Waals surface area contributed by atoms with Crippen molar-refractivity contribution in [3.05, 3.63) is 74.5 Å². The van der Waals surface area contributed by atoms with Crippen LogP contribution in [-0.2, 0) is 17.6 Å². The van der Waals surface area contributed by atoms with Crippen LogP contribution in [0.25, 0.3) is 21.9 Å². The third kappa shape index (κ3) is 3.67. The SMILES string of the molecule is Cc1c(CCC(=O)N[C@@H]2CCCc3c2[nH]c2ccc(F)cc32)c(=O)oc2c(C)c(O)ccc12. The van der Waals surface area contributed by atoms with Crippen LogP contribution in [0.15, 0.2) is 39.5 Å². The molecular weight excluding hydrogens is 423 g/mol. The number of benzene rings is 2. The number of amides is 1. The molecule has 33 heavy (non-hydrogen) atoms. The smallest absolute Gasteiger partial charge is 0.339 e. The van der Waals surface area contributed by atoms with Crippen LogP contribution in [0.3, 0.4) is 0 Å². The van der Waals surface area contributed by atoms with Gasteiger partial charge in [-0.15, -0.1) is 0 Å². The summed E-state index contributed by atoms with van der Waals surface area (Å²) in [5.74, 6) is -0.354. The third-order valence-electron chi connectivity index (χ3n) is 6.78. The number of aromatic hydroxyl groups is 1. The summed E-state index contributed by atoms with van der Waals surface area (Å²) in [6.45, 7) is 3.53. The molecule has 0 fully saturated rings. The van der Waals surface area contributed by atoms with Gasteiger partial charge < -0.3 is 19.8 Å². The molecular formula is C26H25FN2O4. The Hall–Kier alpha value is -3.61. The topological polar surface area (TPSA) is 95.3 Å². The maximum Gasteiger partial charge on any atom is 0.339 e. The Morgan fingerprint density at radius 3 is 2.85 bits per heavy atom. The van der Waals surface area contributed by atoms with Gasteiger partial charge in [-0.05, 0) is 81.0 Å². The average Bonchev–Trinajstić information content (AvgIpc) is 3.15. The molecule has 0 saturated heterocycles. The van der Waals surface area contributed by atoms with Gasteiger partial charge in [0.2, 0.25) is 5.91 Å². The summed E-state index contributed by atoms with van der Waals surface area (Å²) in [7, 11) is 0. The molecule has 0 bridgehead atoms. The monoisotopic (exact) mass is 448 g/mol. The summed E-state index contributed by atoms with van der Waals surface area (Å²) in [5, 5.41) is 14.6. The maximum absolute atomic E-state index is 13.7. The van der Waals surface area contributed by atoms with E-state index in [1.165, 1.54) is 12.1 Å². The van der Waals surface area contributed by atoms with Gasteiger partial charge in [0, 0.05) is 39.5 Å². The molecule has 4 aromatic rings. The standard InChI is InChI=1S/C26H25FN2O4/c1-13-16-7-10-22(30)14(2)25(16)33-26(32)17(13)8-11-23(31)28-21-5-3-4-18-19-12-15(27)6-9-20(19)29-24(18)21/h6-7,9-10,12,21,29-30H,3-5,8,11H2,1-2H3,(H,28,31)/t21-/m1/s1. The zero-order valence-corrected chi connectivity index (χ0v) is 18.5. The van der Waals surface area contributed by atoms with Crippen LogP contribution in [0.4, 0.5) is 4.39 Å². The Kier molecular flexibility index (Phi) is 5.19. The molecule has 0 aliphatic heterocycles. The van der Waals surface area contributed by atoms with Crippen molar-refractivity contribution in [3.8, 4) is 5.75 Å². The van der Waals surface area contributed by atoms with Gasteiger partial charge in [-0.1, -0.05) is 0 Å². The summed E-state index contributed by atoms with van der Waals surface area (Å²) in [4.78, 5) is 28.7. The number of carbonyl (C=O) groups is 1. The van der Waals surface area contributed by atoms with E-state index in [9.17, 15) is 19.1 Å². The first-order chi connectivity index (χ1) is 15.8. The lowest BCUT2D eigenvalue weighted by atomic mass is 9.91. The fourth-order valence-corrected chi connectivity index (χ4v) is 4.95. The lowest BCUT2D eigenvalue weighted by molar-refractivity contribution is -0.121. The first-order valence-electron chi connectivity index (χ1n) is 11.2. The van der Waals surface area contributed by atoms with Crippen LogP contribution >= 0.6 is 0 Å². The van der Waals surface area contributed by atoms with Gasteiger partial charge in [0.05, 0.1) is 6.04 Å². The van der Waals surface area contributed by atoms with Crippen LogP contribution in [0, 0.1) is 19.7 Å². The molecule has 3 N–H and O–H groups in total. The number of phenolic OH excluding ortho intramolecular Hbond substituents is 1. The van der Waals surface area contributed by atoms with Crippen molar-refractivity contribution in [1.82, 2.24) is 10.3 Å². The van der Waals surface area contributed by atoms with Gasteiger partial charge in [-0.2, -0.15) is 0 Å². The minimum absolute atomic E-state index is 0.0729. The Bertz CT molecular complexity index is 1470. The molecule has 7 heteroatoms. The third-order valence-corrected chi connectivity index (χ3v) is 6.78. The first-order valence-corrected chi connectivity index (χ1v) is 11.2. The van der Waals surface area contributed by atoms with E-state index in [1.807, 2.05) is 6.92 Å². The van der Waals surface area contributed by atoms with E-state index < -0.39 is 5.63 Å². The minimum atomic E-state index is -0.487. The number of phenols is 1. The van der Waals surface area contributed by atoms with Gasteiger partial charge in [0.1, 0.15) is 17.1 Å². The molecule has 2 aromatic carbocycles. The number of halogens is 1. The van der Waals surface area contributed by atoms with E-state index in [2.05, 4.69) is 10.3 Å². The van der Waals surface area contributed by atoms with Crippen molar-refractivity contribution in [3.63, 3.8) is 0 Å². The number of hydrogen-bond donors (Lipinski definition) is 3. The molecule has 5 rings (SSSR count). The molecule has 1 aliphatic rings. The van der Waals surface area contributed by atoms with Gasteiger partial charge >= 0.3 is 5.63 Å². The molecule has 1 amide bonds. The second kappa shape index (κ2) is 8.06. The van der Waals surface area contributed by atoms with Crippen molar-refractivity contribution in [2.24, 2.45) is 0 Å². The molecule has 0 saturated carbocycles. The van der Waals surface area contributed by atoms with Gasteiger partial charge in [-0.3, -0.25) is 4.79 Å². The van der Waals surface area contributed by atoms with E-state index >= 15 is 0 Å². The number of hydrogen-bond acceptors (Lipinski definition) is 4. The highest BCUT2D eigenvalue weighted by Gasteiger charge is 2.26. The molecule has 2 heterocycles. The zero-order chi connectivity index (χ0) is 23.3. The fourth-order valence-electron chi connectivity index (χ4n) is 4.95. The molecule has 0 unspecified atom stereocenters. The zero-order valence-electron chi connectivity index (χ0n) is 18.5. The number of aryl methyl sites for hydroxylation is 3. The molecule has 6 nitrogen and oxygen atoms in total. The highest BCUT2D eigenvalue weighted by Crippen LogP contribution is 2.35. The normalized spacial score (nSPS) is 15.7. The highest BCUT2D eigenvalue weighted by atomic mass is 19.1. The van der Waals surface area contributed by atoms with Crippen molar-refractivity contribution in [2.75, 3.05) is 0 Å². The van der Waals surface area contributed by atoms with Crippen LogP contribution in [0.2, 0.25) is 0 Å². The quantitative estimate of drug-likeness (QED) is 0.389. The van der Waals surface area contributed by atoms with E-state index in [0.29, 0.717) is 16.7 Å². The van der Waals surface area contributed by atoms with Crippen molar-refractivity contribution in [2.45, 2.75) is 52.0 Å². The second-order valence-corrected chi connectivity index (χ2v) is 8.80. The van der Waals surface area contributed by atoms with Crippen molar-refractivity contribution >= 4 is 27.8 Å². The van der Waals surface area contributed by atoms with Crippen LogP contribution < -0.4 is 10.9 Å². The minimum Gasteiger partial charge on any atom is -0.508 e. The number of rotatable bonds is 4. The first kappa shape index (κ1) is 21.2. The Labute approximate surface area is 189 Å². The van der Waals surface area contributed by atoms with Gasteiger partial charge in [-0.25, -0.2) is 9.18 Å². The summed E-state index contributed by atoms with van der Waals surface area (Å²) < 4.78 is 19.2. The van der Waals surface area contributed by atoms with Crippen molar-refractivity contribution in [1.29, 1.82) is 0 Å². The number of aromatic nitrogens is 1. The average molecular weight is 448 g/mol. The summed E-state index contributed by atoms with van der Waals surface area (Å²) in [5.41, 5.74) is 4.49. The van der Waals surface area contributed by atoms with E-state index in [1.54, 1.807) is 25.1 Å². The number of H-pyrrole nitrogens is 1. The second-order valence-electron chi connectivity index (χ2n) is 8.80. The van der Waals surface area contributed by atoms with E-state index in [4.69, 9.17) is 4.42 Å². The number of nitrogens with one attached hydrogen (secondary N) is 2. The molecule has 0 spiro atoms. The Balaban J connectivity index is 1.35. The summed E-state index contributed by atoms with van der Waals surface area (Å²) >= 11 is 0. The number of fused-ring (bicyclic) bond motifs is 4. The van der Waals surface area contributed by atoms with Crippen molar-refractivity contribution < 1.29 is 18.7 Å².